The van der Waals surface area contributed by atoms with Gasteiger partial charge >= 0.3 is 0 Å². The van der Waals surface area contributed by atoms with E-state index in [0.717, 1.165) is 16.7 Å². The van der Waals surface area contributed by atoms with Crippen molar-refractivity contribution in [3.05, 3.63) is 0 Å². The summed E-state index contributed by atoms with van der Waals surface area (Å²) in [6.45, 7) is 5.47. The molecule has 21 heteroatoms. The van der Waals surface area contributed by atoms with Crippen LogP contribution < -0.4 is 49.1 Å². The molecule has 0 radical (unpaired) electrons. The molecule has 0 aliphatic carbocycles. The fourth-order valence-corrected chi connectivity index (χ4v) is 6.85. The molecule has 5 atom stereocenters. The van der Waals surface area contributed by atoms with Crippen LogP contribution in [-0.2, 0) is 47.9 Å². The minimum atomic E-state index is -1.12. The Morgan fingerprint density at radius 3 is 1.70 bits per heavy atom. The number of nitrogens with two attached hydrogens (primary N) is 3. The number of nitrogens with one attached hydrogen (secondary N) is 6. The maximum Gasteiger partial charge on any atom is 0.244 e. The van der Waals surface area contributed by atoms with E-state index in [1.54, 1.807) is 13.8 Å². The van der Waals surface area contributed by atoms with Gasteiger partial charge in [-0.15, -0.1) is 11.8 Å². The summed E-state index contributed by atoms with van der Waals surface area (Å²) in [6.07, 6.45) is 4.03. The zero-order valence-electron chi connectivity index (χ0n) is 33.3. The quantitative estimate of drug-likeness (QED) is 0.0273. The van der Waals surface area contributed by atoms with E-state index >= 15 is 0 Å². The number of imide groups is 1. The number of rotatable bonds is 30. The van der Waals surface area contributed by atoms with Crippen LogP contribution in [0.1, 0.15) is 104 Å². The second kappa shape index (κ2) is 27.7. The molecule has 0 aromatic rings. The van der Waals surface area contributed by atoms with Gasteiger partial charge in [-0.1, -0.05) is 13.8 Å². The summed E-state index contributed by atoms with van der Waals surface area (Å²) in [5, 5.41) is 14.9. The first-order valence-electron chi connectivity index (χ1n) is 19.5. The SMILES string of the molecule is CCC(=O)NCCCCC(NC(=O)CC)C(=O)NC(CCCCNC(=O)CCN1C(=O)CC(SCC(NC(C)=O)C(=O)NC(CCCCN)C(N)=O)C1=O)C(N)=O. The normalized spacial score (nSPS) is 15.8. The number of unbranched alkanes of at least 4 members (excludes halogenated alkanes) is 3. The number of likely N-dealkylation sites (tertiary alicyclic amines) is 1. The molecule has 1 heterocycles. The van der Waals surface area contributed by atoms with Crippen molar-refractivity contribution in [2.45, 2.75) is 134 Å². The lowest BCUT2D eigenvalue weighted by molar-refractivity contribution is -0.139. The van der Waals surface area contributed by atoms with Gasteiger partial charge in [0.1, 0.15) is 24.2 Å². The van der Waals surface area contributed by atoms with Gasteiger partial charge in [0, 0.05) is 58.0 Å². The number of carbonyl (C=O) groups excluding carboxylic acids is 10. The van der Waals surface area contributed by atoms with Crippen LogP contribution in [0.15, 0.2) is 0 Å². The molecule has 1 aliphatic heterocycles. The minimum Gasteiger partial charge on any atom is -0.368 e. The van der Waals surface area contributed by atoms with Gasteiger partial charge in [-0.2, -0.15) is 0 Å². The molecule has 0 aromatic carbocycles. The van der Waals surface area contributed by atoms with Crippen molar-refractivity contribution in [3.63, 3.8) is 0 Å². The smallest absolute Gasteiger partial charge is 0.244 e. The molecule has 0 aromatic heterocycles. The fraction of sp³-hybridized carbons (Fsp3) is 0.722. The second-order valence-electron chi connectivity index (χ2n) is 13.6. The van der Waals surface area contributed by atoms with Crippen molar-refractivity contribution >= 4 is 70.8 Å². The highest BCUT2D eigenvalue weighted by Crippen LogP contribution is 2.26. The van der Waals surface area contributed by atoms with Crippen LogP contribution in [0.2, 0.25) is 0 Å². The Morgan fingerprint density at radius 2 is 1.19 bits per heavy atom. The maximum atomic E-state index is 13.1. The first-order valence-corrected chi connectivity index (χ1v) is 20.5. The molecule has 0 spiro atoms. The number of hydrogen-bond acceptors (Lipinski definition) is 12. The van der Waals surface area contributed by atoms with Crippen molar-refractivity contribution in [1.29, 1.82) is 0 Å². The van der Waals surface area contributed by atoms with E-state index in [2.05, 4.69) is 31.9 Å². The zero-order chi connectivity index (χ0) is 42.9. The number of amides is 10. The van der Waals surface area contributed by atoms with Gasteiger partial charge in [-0.25, -0.2) is 0 Å². The number of nitrogens with zero attached hydrogens (tertiary/aromatic N) is 1. The maximum absolute atomic E-state index is 13.1. The van der Waals surface area contributed by atoms with E-state index in [0.29, 0.717) is 64.5 Å². The van der Waals surface area contributed by atoms with E-state index in [9.17, 15) is 47.9 Å². The Morgan fingerprint density at radius 1 is 0.684 bits per heavy atom. The molecule has 1 aliphatic rings. The average molecular weight is 827 g/mol. The molecule has 10 amide bonds. The summed E-state index contributed by atoms with van der Waals surface area (Å²) in [4.78, 5) is 125. The van der Waals surface area contributed by atoms with E-state index in [1.807, 2.05) is 0 Å². The Balaban J connectivity index is 2.57. The third kappa shape index (κ3) is 20.3. The average Bonchev–Trinajstić information content (AvgIpc) is 3.43. The number of thioether (sulfide) groups is 1. The summed E-state index contributed by atoms with van der Waals surface area (Å²) in [5.41, 5.74) is 16.5. The van der Waals surface area contributed by atoms with Crippen LogP contribution in [0.3, 0.4) is 0 Å². The zero-order valence-corrected chi connectivity index (χ0v) is 34.1. The molecule has 1 saturated heterocycles. The molecule has 5 unspecified atom stereocenters. The van der Waals surface area contributed by atoms with Crippen molar-refractivity contribution in [3.8, 4) is 0 Å². The third-order valence-corrected chi connectivity index (χ3v) is 10.3. The highest BCUT2D eigenvalue weighted by Gasteiger charge is 2.39. The van der Waals surface area contributed by atoms with Crippen LogP contribution in [0.4, 0.5) is 0 Å². The molecular weight excluding hydrogens is 765 g/mol. The van der Waals surface area contributed by atoms with Crippen LogP contribution in [-0.4, -0.2) is 125 Å². The van der Waals surface area contributed by atoms with E-state index in [4.69, 9.17) is 17.2 Å². The van der Waals surface area contributed by atoms with Crippen molar-refractivity contribution in [2.75, 3.05) is 31.9 Å². The van der Waals surface area contributed by atoms with Crippen LogP contribution in [0.25, 0.3) is 0 Å². The summed E-state index contributed by atoms with van der Waals surface area (Å²) < 4.78 is 0. The molecule has 1 rings (SSSR count). The standard InChI is InChI=1S/C36H62N10O10S/c1-4-28(48)40-17-11-8-14-25(43-29(49)5-2)34(54)44-24(33(39)53)13-7-10-18-41-30(50)15-19-46-31(51)20-27(36(46)56)57-21-26(42-22(3)47)35(55)45-23(32(38)52)12-6-9-16-37/h23-27H,4-21,37H2,1-3H3,(H2,38,52)(H2,39,53)(H,40,48)(H,41,50)(H,42,47)(H,43,49)(H,44,54)(H,45,55). The Labute approximate surface area is 337 Å². The minimum absolute atomic E-state index is 0.0742. The molecule has 1 fully saturated rings. The Bertz CT molecular complexity index is 1420. The number of hydrogen-bond donors (Lipinski definition) is 9. The van der Waals surface area contributed by atoms with Crippen LogP contribution in [0, 0.1) is 0 Å². The van der Waals surface area contributed by atoms with Gasteiger partial charge in [0.05, 0.1) is 5.25 Å². The second-order valence-corrected chi connectivity index (χ2v) is 14.9. The van der Waals surface area contributed by atoms with Gasteiger partial charge in [0.15, 0.2) is 0 Å². The lowest BCUT2D eigenvalue weighted by atomic mass is 10.1. The highest BCUT2D eigenvalue weighted by molar-refractivity contribution is 8.00. The number of primary amides is 2. The topological polar surface area (TPSA) is 324 Å². The largest absolute Gasteiger partial charge is 0.368 e. The Kier molecular flexibility index (Phi) is 24.5. The molecule has 57 heavy (non-hydrogen) atoms. The molecule has 322 valence electrons. The van der Waals surface area contributed by atoms with E-state index < -0.39 is 76.7 Å². The predicted octanol–water partition coefficient (Wildman–Crippen LogP) is -2.31. The Hall–Kier alpha value is -4.79. The van der Waals surface area contributed by atoms with E-state index in [-0.39, 0.29) is 62.8 Å². The van der Waals surface area contributed by atoms with E-state index in [1.165, 1.54) is 6.92 Å². The number of carbonyl (C=O) groups is 10. The molecule has 20 nitrogen and oxygen atoms in total. The van der Waals surface area contributed by atoms with Crippen LogP contribution in [0.5, 0.6) is 0 Å². The summed E-state index contributed by atoms with van der Waals surface area (Å²) >= 11 is 0.997. The van der Waals surface area contributed by atoms with Gasteiger partial charge in [0.25, 0.3) is 0 Å². The van der Waals surface area contributed by atoms with Crippen molar-refractivity contribution in [1.82, 2.24) is 36.8 Å². The van der Waals surface area contributed by atoms with Gasteiger partial charge in [-0.05, 0) is 64.3 Å². The summed E-state index contributed by atoms with van der Waals surface area (Å²) in [7, 11) is 0. The lowest BCUT2D eigenvalue weighted by Crippen LogP contribution is -2.53. The van der Waals surface area contributed by atoms with Gasteiger partial charge < -0.3 is 49.1 Å². The third-order valence-electron chi connectivity index (χ3n) is 8.97. The summed E-state index contributed by atoms with van der Waals surface area (Å²) in [5.74, 6) is -5.18. The molecule has 0 bridgehead atoms. The fourth-order valence-electron chi connectivity index (χ4n) is 5.66. The monoisotopic (exact) mass is 826 g/mol. The molecule has 0 saturated carbocycles. The van der Waals surface area contributed by atoms with Crippen molar-refractivity contribution < 1.29 is 47.9 Å². The van der Waals surface area contributed by atoms with Crippen LogP contribution >= 0.6 is 11.8 Å². The highest BCUT2D eigenvalue weighted by atomic mass is 32.2. The molecule has 12 N–H and O–H groups in total. The lowest BCUT2D eigenvalue weighted by Gasteiger charge is -2.22. The summed E-state index contributed by atoms with van der Waals surface area (Å²) in [6, 6.07) is -4.00. The predicted molar refractivity (Wildman–Crippen MR) is 211 cm³/mol. The first-order chi connectivity index (χ1) is 27.0. The van der Waals surface area contributed by atoms with Gasteiger partial charge in [0.2, 0.25) is 59.1 Å². The van der Waals surface area contributed by atoms with Gasteiger partial charge in [-0.3, -0.25) is 52.8 Å². The first kappa shape index (κ1) is 50.2. The molecular formula is C36H62N10O10S. The van der Waals surface area contributed by atoms with Crippen molar-refractivity contribution in [2.24, 2.45) is 17.2 Å².